The van der Waals surface area contributed by atoms with Gasteiger partial charge in [-0.25, -0.2) is 9.97 Å². The lowest BCUT2D eigenvalue weighted by atomic mass is 10.1. The maximum Gasteiger partial charge on any atom is 0.329 e. The quantitative estimate of drug-likeness (QED) is 0.851. The van der Waals surface area contributed by atoms with Crippen molar-refractivity contribution in [1.29, 1.82) is 5.26 Å². The monoisotopic (exact) mass is 296 g/mol. The summed E-state index contributed by atoms with van der Waals surface area (Å²) >= 11 is 0. The number of benzene rings is 1. The Bertz CT molecular complexity index is 749. The van der Waals surface area contributed by atoms with E-state index in [2.05, 4.69) is 15.3 Å². The van der Waals surface area contributed by atoms with E-state index in [0.717, 1.165) is 12.1 Å². The molecular formula is C16H16N4O2. The molecule has 0 aliphatic heterocycles. The van der Waals surface area contributed by atoms with Crippen molar-refractivity contribution in [3.05, 3.63) is 30.0 Å². The molecule has 0 saturated heterocycles. The number of para-hydroxylation sites is 2. The number of esters is 1. The van der Waals surface area contributed by atoms with Gasteiger partial charge in [0.25, 0.3) is 0 Å². The first-order chi connectivity index (χ1) is 10.7. The van der Waals surface area contributed by atoms with Crippen LogP contribution >= 0.6 is 0 Å². The highest BCUT2D eigenvalue weighted by molar-refractivity contribution is 5.84. The van der Waals surface area contributed by atoms with Crippen molar-refractivity contribution in [3.63, 3.8) is 0 Å². The Morgan fingerprint density at radius 1 is 1.41 bits per heavy atom. The van der Waals surface area contributed by atoms with Crippen LogP contribution in [-0.2, 0) is 9.53 Å². The zero-order chi connectivity index (χ0) is 15.5. The number of nitrogens with zero attached hydrogens (tertiary/aromatic N) is 3. The van der Waals surface area contributed by atoms with Gasteiger partial charge >= 0.3 is 5.97 Å². The second-order valence-corrected chi connectivity index (χ2v) is 5.36. The third kappa shape index (κ3) is 2.84. The normalized spacial score (nSPS) is 15.1. The van der Waals surface area contributed by atoms with Crippen molar-refractivity contribution in [2.24, 2.45) is 5.92 Å². The summed E-state index contributed by atoms with van der Waals surface area (Å²) in [6, 6.07) is 9.35. The lowest BCUT2D eigenvalue weighted by molar-refractivity contribution is -0.141. The van der Waals surface area contributed by atoms with E-state index in [-0.39, 0.29) is 0 Å². The molecule has 6 nitrogen and oxygen atoms in total. The second-order valence-electron chi connectivity index (χ2n) is 5.36. The molecule has 1 aliphatic rings. The Morgan fingerprint density at radius 3 is 2.68 bits per heavy atom. The molecule has 1 aromatic heterocycles. The smallest absolute Gasteiger partial charge is 0.329 e. The molecule has 6 heteroatoms. The number of rotatable bonds is 5. The first-order valence-corrected chi connectivity index (χ1v) is 7.21. The van der Waals surface area contributed by atoms with E-state index >= 15 is 0 Å². The summed E-state index contributed by atoms with van der Waals surface area (Å²) in [7, 11) is 1.26. The van der Waals surface area contributed by atoms with Gasteiger partial charge in [0.2, 0.25) is 0 Å². The van der Waals surface area contributed by atoms with Crippen LogP contribution in [0, 0.1) is 17.2 Å². The molecule has 1 heterocycles. The number of aromatic nitrogens is 2. The topological polar surface area (TPSA) is 87.9 Å². The molecule has 0 bridgehead atoms. The molecule has 1 fully saturated rings. The van der Waals surface area contributed by atoms with E-state index in [4.69, 9.17) is 4.74 Å². The van der Waals surface area contributed by atoms with Gasteiger partial charge in [-0.1, -0.05) is 12.1 Å². The van der Waals surface area contributed by atoms with Crippen LogP contribution in [0.2, 0.25) is 0 Å². The number of nitriles is 1. The van der Waals surface area contributed by atoms with E-state index in [9.17, 15) is 10.1 Å². The zero-order valence-electron chi connectivity index (χ0n) is 12.2. The highest BCUT2D eigenvalue weighted by Gasteiger charge is 2.28. The first kappa shape index (κ1) is 14.3. The molecule has 1 aromatic carbocycles. The first-order valence-electron chi connectivity index (χ1n) is 7.21. The summed E-state index contributed by atoms with van der Waals surface area (Å²) in [6.07, 6.45) is 2.39. The number of anilines is 1. The second kappa shape index (κ2) is 5.98. The van der Waals surface area contributed by atoms with Crippen LogP contribution < -0.4 is 5.32 Å². The highest BCUT2D eigenvalue weighted by atomic mass is 16.5. The van der Waals surface area contributed by atoms with Gasteiger partial charge in [0.15, 0.2) is 11.7 Å². The van der Waals surface area contributed by atoms with E-state index in [1.165, 1.54) is 20.0 Å². The minimum atomic E-state index is -1.08. The minimum Gasteiger partial charge on any atom is -0.468 e. The summed E-state index contributed by atoms with van der Waals surface area (Å²) in [5.41, 5.74) is 1.71. The summed E-state index contributed by atoms with van der Waals surface area (Å²) in [5, 5.41) is 12.5. The van der Waals surface area contributed by atoms with E-state index in [1.54, 1.807) is 0 Å². The van der Waals surface area contributed by atoms with Crippen molar-refractivity contribution in [3.8, 4) is 6.07 Å². The standard InChI is InChI=1S/C16H16N4O2/c1-22-16(21)11(8-17)14-15(18-9-10-6-7-10)20-13-5-3-2-4-12(13)19-14/h2-5,10-11H,6-7,9H2,1H3,(H,18,20). The van der Waals surface area contributed by atoms with Crippen LogP contribution in [0.25, 0.3) is 11.0 Å². The molecule has 3 rings (SSSR count). The maximum atomic E-state index is 11.8. The fraction of sp³-hybridized carbons (Fsp3) is 0.375. The average molecular weight is 296 g/mol. The van der Waals surface area contributed by atoms with Crippen molar-refractivity contribution in [1.82, 2.24) is 9.97 Å². The van der Waals surface area contributed by atoms with Crippen molar-refractivity contribution in [2.75, 3.05) is 19.0 Å². The largest absolute Gasteiger partial charge is 0.468 e. The van der Waals surface area contributed by atoms with Crippen LogP contribution in [0.4, 0.5) is 5.82 Å². The molecule has 0 amide bonds. The third-order valence-corrected chi connectivity index (χ3v) is 3.69. The summed E-state index contributed by atoms with van der Waals surface area (Å²) < 4.78 is 4.71. The lowest BCUT2D eigenvalue weighted by Crippen LogP contribution is -2.18. The van der Waals surface area contributed by atoms with Gasteiger partial charge in [0, 0.05) is 6.54 Å². The van der Waals surface area contributed by atoms with Crippen LogP contribution in [0.5, 0.6) is 0 Å². The Kier molecular flexibility index (Phi) is 3.88. The van der Waals surface area contributed by atoms with Crippen LogP contribution in [0.3, 0.4) is 0 Å². The lowest BCUT2D eigenvalue weighted by Gasteiger charge is -2.14. The van der Waals surface area contributed by atoms with Crippen LogP contribution in [-0.4, -0.2) is 29.6 Å². The van der Waals surface area contributed by atoms with Crippen molar-refractivity contribution < 1.29 is 9.53 Å². The molecule has 1 unspecified atom stereocenters. The van der Waals surface area contributed by atoms with Crippen LogP contribution in [0.1, 0.15) is 24.5 Å². The number of carbonyl (C=O) groups is 1. The number of methoxy groups -OCH3 is 1. The van der Waals surface area contributed by atoms with E-state index in [1.807, 2.05) is 30.3 Å². The molecule has 0 spiro atoms. The molecule has 1 N–H and O–H groups in total. The molecular weight excluding hydrogens is 280 g/mol. The summed E-state index contributed by atoms with van der Waals surface area (Å²) in [6.45, 7) is 0.777. The third-order valence-electron chi connectivity index (χ3n) is 3.69. The SMILES string of the molecule is COC(=O)C(C#N)c1nc2ccccc2nc1NCC1CC1. The van der Waals surface area contributed by atoms with Crippen molar-refractivity contribution >= 4 is 22.8 Å². The Morgan fingerprint density at radius 2 is 2.09 bits per heavy atom. The fourth-order valence-electron chi connectivity index (χ4n) is 2.25. The molecule has 2 aromatic rings. The molecule has 1 atom stereocenters. The number of hydrogen-bond acceptors (Lipinski definition) is 6. The Labute approximate surface area is 128 Å². The van der Waals surface area contributed by atoms with Gasteiger partial charge in [-0.05, 0) is 30.9 Å². The average Bonchev–Trinajstić information content (AvgIpc) is 3.37. The molecule has 1 aliphatic carbocycles. The van der Waals surface area contributed by atoms with Gasteiger partial charge in [-0.3, -0.25) is 4.79 Å². The van der Waals surface area contributed by atoms with Crippen molar-refractivity contribution in [2.45, 2.75) is 18.8 Å². The van der Waals surface area contributed by atoms with Gasteiger partial charge in [0.1, 0.15) is 5.69 Å². The van der Waals surface area contributed by atoms with E-state index < -0.39 is 11.9 Å². The molecule has 0 radical (unpaired) electrons. The predicted molar refractivity (Wildman–Crippen MR) is 81.1 cm³/mol. The summed E-state index contributed by atoms with van der Waals surface area (Å²) in [5.74, 6) is -0.576. The Balaban J connectivity index is 2.04. The van der Waals surface area contributed by atoms with Crippen LogP contribution in [0.15, 0.2) is 24.3 Å². The maximum absolute atomic E-state index is 11.8. The summed E-state index contributed by atoms with van der Waals surface area (Å²) in [4.78, 5) is 20.8. The van der Waals surface area contributed by atoms with Gasteiger partial charge < -0.3 is 10.1 Å². The van der Waals surface area contributed by atoms with Gasteiger partial charge in [-0.2, -0.15) is 5.26 Å². The minimum absolute atomic E-state index is 0.328. The predicted octanol–water partition coefficient (Wildman–Crippen LogP) is 2.23. The number of fused-ring (bicyclic) bond motifs is 1. The zero-order valence-corrected chi connectivity index (χ0v) is 12.2. The molecule has 1 saturated carbocycles. The highest BCUT2D eigenvalue weighted by Crippen LogP contribution is 2.30. The molecule has 112 valence electrons. The number of carbonyl (C=O) groups excluding carboxylic acids is 1. The Hall–Kier alpha value is -2.68. The fourth-order valence-corrected chi connectivity index (χ4v) is 2.25. The number of ether oxygens (including phenoxy) is 1. The number of nitrogens with one attached hydrogen (secondary N) is 1. The number of hydrogen-bond donors (Lipinski definition) is 1. The van der Waals surface area contributed by atoms with Gasteiger partial charge in [-0.15, -0.1) is 0 Å². The molecule has 22 heavy (non-hydrogen) atoms. The van der Waals surface area contributed by atoms with Gasteiger partial charge in [0.05, 0.1) is 24.2 Å². The van der Waals surface area contributed by atoms with E-state index in [0.29, 0.717) is 22.9 Å².